The molecule has 0 bridgehead atoms. The van der Waals surface area contributed by atoms with E-state index in [9.17, 15) is 18.0 Å². The van der Waals surface area contributed by atoms with Crippen molar-refractivity contribution in [3.8, 4) is 0 Å². The van der Waals surface area contributed by atoms with Crippen molar-refractivity contribution in [1.82, 2.24) is 4.90 Å². The van der Waals surface area contributed by atoms with Crippen molar-refractivity contribution in [2.45, 2.75) is 38.0 Å². The van der Waals surface area contributed by atoms with E-state index < -0.39 is 11.7 Å². The Balaban J connectivity index is 2.20. The standard InChI is InChI=1S/C14H16F3NO/c15-14(16,17)13-7-2-1-5-11(13)9-18-8-4-3-6-12(18)10-19/h1-2,5,7,10,12H,3-4,6,8-9H2. The minimum absolute atomic E-state index is 0.180. The van der Waals surface area contributed by atoms with Crippen LogP contribution in [0.3, 0.4) is 0 Å². The van der Waals surface area contributed by atoms with Gasteiger partial charge in [-0.25, -0.2) is 0 Å². The van der Waals surface area contributed by atoms with Crippen LogP contribution in [0.25, 0.3) is 0 Å². The Morgan fingerprint density at radius 3 is 2.68 bits per heavy atom. The molecule has 1 aliphatic rings. The van der Waals surface area contributed by atoms with Crippen molar-refractivity contribution in [3.63, 3.8) is 0 Å². The molecule has 104 valence electrons. The van der Waals surface area contributed by atoms with Crippen LogP contribution in [0.15, 0.2) is 24.3 Å². The van der Waals surface area contributed by atoms with Crippen LogP contribution in [0.4, 0.5) is 13.2 Å². The highest BCUT2D eigenvalue weighted by Crippen LogP contribution is 2.33. The minimum Gasteiger partial charge on any atom is -0.302 e. The van der Waals surface area contributed by atoms with Gasteiger partial charge in [0.15, 0.2) is 0 Å². The molecule has 2 nitrogen and oxygen atoms in total. The van der Waals surface area contributed by atoms with Gasteiger partial charge in [0.1, 0.15) is 6.29 Å². The lowest BCUT2D eigenvalue weighted by molar-refractivity contribution is -0.138. The van der Waals surface area contributed by atoms with E-state index in [1.165, 1.54) is 12.1 Å². The second-order valence-electron chi connectivity index (χ2n) is 4.82. The van der Waals surface area contributed by atoms with E-state index in [1.807, 2.05) is 4.90 Å². The molecule has 19 heavy (non-hydrogen) atoms. The van der Waals surface area contributed by atoms with Crippen molar-refractivity contribution in [2.24, 2.45) is 0 Å². The summed E-state index contributed by atoms with van der Waals surface area (Å²) in [5.41, 5.74) is -0.367. The maximum Gasteiger partial charge on any atom is 0.416 e. The van der Waals surface area contributed by atoms with E-state index in [2.05, 4.69) is 0 Å². The Morgan fingerprint density at radius 2 is 2.00 bits per heavy atom. The molecule has 1 fully saturated rings. The molecule has 1 unspecified atom stereocenters. The van der Waals surface area contributed by atoms with Crippen molar-refractivity contribution in [3.05, 3.63) is 35.4 Å². The van der Waals surface area contributed by atoms with Gasteiger partial charge >= 0.3 is 6.18 Å². The SMILES string of the molecule is O=CC1CCCCN1Cc1ccccc1C(F)(F)F. The van der Waals surface area contributed by atoms with Gasteiger partial charge in [-0.05, 0) is 31.0 Å². The highest BCUT2D eigenvalue weighted by atomic mass is 19.4. The lowest BCUT2D eigenvalue weighted by Gasteiger charge is -2.32. The summed E-state index contributed by atoms with van der Waals surface area (Å²) in [6, 6.07) is 5.31. The van der Waals surface area contributed by atoms with E-state index in [4.69, 9.17) is 0 Å². The summed E-state index contributed by atoms with van der Waals surface area (Å²) in [5.74, 6) is 0. The van der Waals surface area contributed by atoms with E-state index in [0.717, 1.165) is 31.6 Å². The molecular weight excluding hydrogens is 255 g/mol. The van der Waals surface area contributed by atoms with Crippen LogP contribution in [-0.4, -0.2) is 23.8 Å². The summed E-state index contributed by atoms with van der Waals surface area (Å²) in [4.78, 5) is 12.8. The number of hydrogen-bond donors (Lipinski definition) is 0. The molecule has 1 heterocycles. The predicted octanol–water partition coefficient (Wildman–Crippen LogP) is 3.26. The van der Waals surface area contributed by atoms with Crippen molar-refractivity contribution >= 4 is 6.29 Å². The third-order valence-corrected chi connectivity index (χ3v) is 3.52. The first-order valence-corrected chi connectivity index (χ1v) is 6.37. The number of likely N-dealkylation sites (tertiary alicyclic amines) is 1. The number of nitrogens with zero attached hydrogens (tertiary/aromatic N) is 1. The molecule has 0 radical (unpaired) electrons. The third-order valence-electron chi connectivity index (χ3n) is 3.52. The minimum atomic E-state index is -4.34. The van der Waals surface area contributed by atoms with Gasteiger partial charge in [0.2, 0.25) is 0 Å². The first-order chi connectivity index (χ1) is 9.02. The number of halogens is 3. The molecule has 5 heteroatoms. The first kappa shape index (κ1) is 14.1. The van der Waals surface area contributed by atoms with Crippen LogP contribution in [0.1, 0.15) is 30.4 Å². The van der Waals surface area contributed by atoms with Crippen LogP contribution in [0.5, 0.6) is 0 Å². The summed E-state index contributed by atoms with van der Waals surface area (Å²) in [6.45, 7) is 0.856. The van der Waals surface area contributed by atoms with Crippen molar-refractivity contribution in [1.29, 1.82) is 0 Å². The molecule has 1 aromatic rings. The van der Waals surface area contributed by atoms with Gasteiger partial charge in [-0.15, -0.1) is 0 Å². The average molecular weight is 271 g/mol. The Morgan fingerprint density at radius 1 is 1.26 bits per heavy atom. The van der Waals surface area contributed by atoms with E-state index in [-0.39, 0.29) is 18.2 Å². The number of rotatable bonds is 3. The van der Waals surface area contributed by atoms with Crippen LogP contribution in [0.2, 0.25) is 0 Å². The van der Waals surface area contributed by atoms with Gasteiger partial charge in [-0.3, -0.25) is 4.90 Å². The quantitative estimate of drug-likeness (QED) is 0.786. The maximum absolute atomic E-state index is 12.9. The first-order valence-electron chi connectivity index (χ1n) is 6.37. The van der Waals surface area contributed by atoms with Gasteiger partial charge in [-0.2, -0.15) is 13.2 Å². The molecular formula is C14H16F3NO. The Bertz CT molecular complexity index is 445. The fourth-order valence-corrected chi connectivity index (χ4v) is 2.52. The zero-order valence-electron chi connectivity index (χ0n) is 10.5. The molecule has 1 saturated heterocycles. The molecule has 0 saturated carbocycles. The van der Waals surface area contributed by atoms with Gasteiger partial charge in [0.25, 0.3) is 0 Å². The predicted molar refractivity (Wildman–Crippen MR) is 65.6 cm³/mol. The summed E-state index contributed by atoms with van der Waals surface area (Å²) >= 11 is 0. The number of carbonyl (C=O) groups is 1. The summed E-state index contributed by atoms with van der Waals surface area (Å²) < 4.78 is 38.7. The number of alkyl halides is 3. The molecule has 0 aliphatic carbocycles. The molecule has 1 aliphatic heterocycles. The Labute approximate surface area is 110 Å². The molecule has 0 aromatic heterocycles. The number of aldehydes is 1. The second kappa shape index (κ2) is 5.74. The zero-order valence-corrected chi connectivity index (χ0v) is 10.5. The monoisotopic (exact) mass is 271 g/mol. The fraction of sp³-hybridized carbons (Fsp3) is 0.500. The Kier molecular flexibility index (Phi) is 4.24. The van der Waals surface area contributed by atoms with E-state index in [0.29, 0.717) is 6.54 Å². The second-order valence-corrected chi connectivity index (χ2v) is 4.82. The molecule has 1 atom stereocenters. The largest absolute Gasteiger partial charge is 0.416 e. The topological polar surface area (TPSA) is 20.3 Å². The van der Waals surface area contributed by atoms with Gasteiger partial charge in [0.05, 0.1) is 11.6 Å². The molecule has 1 aromatic carbocycles. The number of hydrogen-bond acceptors (Lipinski definition) is 2. The average Bonchev–Trinajstić information content (AvgIpc) is 2.39. The number of benzene rings is 1. The smallest absolute Gasteiger partial charge is 0.302 e. The Hall–Kier alpha value is -1.36. The van der Waals surface area contributed by atoms with Gasteiger partial charge < -0.3 is 4.79 Å². The maximum atomic E-state index is 12.9. The molecule has 0 amide bonds. The van der Waals surface area contributed by atoms with Gasteiger partial charge in [0, 0.05) is 6.54 Å². The summed E-state index contributed by atoms with van der Waals surface area (Å²) in [7, 11) is 0. The summed E-state index contributed by atoms with van der Waals surface area (Å²) in [5, 5.41) is 0. The highest BCUT2D eigenvalue weighted by Gasteiger charge is 2.34. The lowest BCUT2D eigenvalue weighted by atomic mass is 10.0. The van der Waals surface area contributed by atoms with Crippen LogP contribution < -0.4 is 0 Å². The molecule has 0 N–H and O–H groups in total. The molecule has 2 rings (SSSR count). The van der Waals surface area contributed by atoms with Gasteiger partial charge in [-0.1, -0.05) is 24.6 Å². The lowest BCUT2D eigenvalue weighted by Crippen LogP contribution is -2.40. The molecule has 0 spiro atoms. The fourth-order valence-electron chi connectivity index (χ4n) is 2.52. The number of carbonyl (C=O) groups excluding carboxylic acids is 1. The van der Waals surface area contributed by atoms with Crippen molar-refractivity contribution in [2.75, 3.05) is 6.54 Å². The highest BCUT2D eigenvalue weighted by molar-refractivity contribution is 5.57. The van der Waals surface area contributed by atoms with Crippen LogP contribution in [-0.2, 0) is 17.5 Å². The third kappa shape index (κ3) is 3.35. The van der Waals surface area contributed by atoms with E-state index in [1.54, 1.807) is 6.07 Å². The zero-order chi connectivity index (χ0) is 13.9. The van der Waals surface area contributed by atoms with E-state index >= 15 is 0 Å². The van der Waals surface area contributed by atoms with Crippen molar-refractivity contribution < 1.29 is 18.0 Å². The number of piperidine rings is 1. The van der Waals surface area contributed by atoms with Crippen LogP contribution in [0, 0.1) is 0 Å². The summed E-state index contributed by atoms with van der Waals surface area (Å²) in [6.07, 6.45) is -0.880. The van der Waals surface area contributed by atoms with Crippen LogP contribution >= 0.6 is 0 Å². The normalized spacial score (nSPS) is 21.3.